The number of hydrogen-bond acceptors (Lipinski definition) is 4. The molecule has 0 unspecified atom stereocenters. The van der Waals surface area contributed by atoms with E-state index in [9.17, 15) is 9.59 Å². The van der Waals surface area contributed by atoms with Crippen LogP contribution >= 0.6 is 0 Å². The van der Waals surface area contributed by atoms with Crippen LogP contribution in [0.3, 0.4) is 0 Å². The minimum atomic E-state index is -0.614. The molecule has 3 amide bonds. The summed E-state index contributed by atoms with van der Waals surface area (Å²) in [7, 11) is 0. The summed E-state index contributed by atoms with van der Waals surface area (Å²) in [6.45, 7) is 4.30. The van der Waals surface area contributed by atoms with Gasteiger partial charge in [-0.3, -0.25) is 4.79 Å². The van der Waals surface area contributed by atoms with Crippen LogP contribution in [0.25, 0.3) is 0 Å². The van der Waals surface area contributed by atoms with Gasteiger partial charge in [-0.1, -0.05) is 24.3 Å². The maximum atomic E-state index is 12.4. The van der Waals surface area contributed by atoms with Crippen molar-refractivity contribution in [1.82, 2.24) is 15.2 Å². The Morgan fingerprint density at radius 1 is 1.00 bits per heavy atom. The van der Waals surface area contributed by atoms with Gasteiger partial charge in [0.05, 0.1) is 0 Å². The van der Waals surface area contributed by atoms with Gasteiger partial charge in [-0.25, -0.2) is 9.78 Å². The van der Waals surface area contributed by atoms with Gasteiger partial charge in [-0.05, 0) is 31.2 Å². The Hall–Kier alpha value is -3.09. The summed E-state index contributed by atoms with van der Waals surface area (Å²) in [4.78, 5) is 32.8. The SMILES string of the molecule is C[C@@H](NC(=O)N1CCN(c2ccccn2)CC1)C(=O)Nc1ccccc1. The number of carbonyl (C=O) groups is 2. The first-order valence-electron chi connectivity index (χ1n) is 8.71. The molecule has 0 spiro atoms. The van der Waals surface area contributed by atoms with Crippen LogP contribution in [0.15, 0.2) is 54.7 Å². The van der Waals surface area contributed by atoms with Gasteiger partial charge in [0.15, 0.2) is 0 Å². The lowest BCUT2D eigenvalue weighted by atomic mass is 10.2. The Bertz CT molecular complexity index is 730. The molecule has 2 N–H and O–H groups in total. The lowest BCUT2D eigenvalue weighted by Crippen LogP contribution is -2.54. The Morgan fingerprint density at radius 2 is 1.69 bits per heavy atom. The molecule has 1 atom stereocenters. The number of hydrogen-bond donors (Lipinski definition) is 2. The molecule has 136 valence electrons. The maximum absolute atomic E-state index is 12.4. The number of para-hydroxylation sites is 1. The zero-order valence-corrected chi connectivity index (χ0v) is 14.8. The van der Waals surface area contributed by atoms with E-state index in [0.29, 0.717) is 18.8 Å². The van der Waals surface area contributed by atoms with Gasteiger partial charge in [0.2, 0.25) is 5.91 Å². The van der Waals surface area contributed by atoms with Crippen molar-refractivity contribution in [2.24, 2.45) is 0 Å². The monoisotopic (exact) mass is 353 g/mol. The third-order valence-electron chi connectivity index (χ3n) is 4.31. The third-order valence-corrected chi connectivity index (χ3v) is 4.31. The van der Waals surface area contributed by atoms with Crippen molar-refractivity contribution in [3.63, 3.8) is 0 Å². The second kappa shape index (κ2) is 8.33. The lowest BCUT2D eigenvalue weighted by Gasteiger charge is -2.35. The molecule has 0 aliphatic carbocycles. The van der Waals surface area contributed by atoms with Crippen molar-refractivity contribution in [2.75, 3.05) is 36.4 Å². The Kier molecular flexibility index (Phi) is 5.68. The average Bonchev–Trinajstić information content (AvgIpc) is 2.69. The Balaban J connectivity index is 1.47. The molecular weight excluding hydrogens is 330 g/mol. The van der Waals surface area contributed by atoms with Crippen LogP contribution in [0.1, 0.15) is 6.92 Å². The van der Waals surface area contributed by atoms with E-state index in [1.54, 1.807) is 18.0 Å². The van der Waals surface area contributed by atoms with E-state index in [4.69, 9.17) is 0 Å². The lowest BCUT2D eigenvalue weighted by molar-refractivity contribution is -0.117. The summed E-state index contributed by atoms with van der Waals surface area (Å²) in [5.74, 6) is 0.680. The minimum Gasteiger partial charge on any atom is -0.353 e. The maximum Gasteiger partial charge on any atom is 0.318 e. The van der Waals surface area contributed by atoms with Gasteiger partial charge in [-0.15, -0.1) is 0 Å². The summed E-state index contributed by atoms with van der Waals surface area (Å²) in [5, 5.41) is 5.55. The number of benzene rings is 1. The number of anilines is 2. The van der Waals surface area contributed by atoms with Crippen molar-refractivity contribution in [3.8, 4) is 0 Å². The second-order valence-electron chi connectivity index (χ2n) is 6.19. The second-order valence-corrected chi connectivity index (χ2v) is 6.19. The van der Waals surface area contributed by atoms with Gasteiger partial charge in [0.1, 0.15) is 11.9 Å². The van der Waals surface area contributed by atoms with Gasteiger partial charge < -0.3 is 20.4 Å². The number of rotatable bonds is 4. The van der Waals surface area contributed by atoms with Crippen molar-refractivity contribution in [3.05, 3.63) is 54.7 Å². The van der Waals surface area contributed by atoms with Crippen LogP contribution in [0.4, 0.5) is 16.3 Å². The van der Waals surface area contributed by atoms with Crippen LogP contribution in [0.2, 0.25) is 0 Å². The largest absolute Gasteiger partial charge is 0.353 e. The highest BCUT2D eigenvalue weighted by Gasteiger charge is 2.24. The van der Waals surface area contributed by atoms with E-state index in [2.05, 4.69) is 20.5 Å². The molecule has 7 nitrogen and oxygen atoms in total. The fourth-order valence-corrected chi connectivity index (χ4v) is 2.79. The summed E-state index contributed by atoms with van der Waals surface area (Å²) >= 11 is 0. The molecule has 1 aromatic heterocycles. The molecule has 0 saturated carbocycles. The molecule has 0 bridgehead atoms. The van der Waals surface area contributed by atoms with Gasteiger partial charge in [0.25, 0.3) is 0 Å². The Morgan fingerprint density at radius 3 is 2.35 bits per heavy atom. The van der Waals surface area contributed by atoms with E-state index >= 15 is 0 Å². The normalized spacial score (nSPS) is 15.3. The molecular formula is C19H23N5O2. The third kappa shape index (κ3) is 4.50. The summed E-state index contributed by atoms with van der Waals surface area (Å²) in [6, 6.07) is 14.2. The van der Waals surface area contributed by atoms with Crippen molar-refractivity contribution in [1.29, 1.82) is 0 Å². The first-order valence-corrected chi connectivity index (χ1v) is 8.71. The zero-order chi connectivity index (χ0) is 18.4. The molecule has 2 heterocycles. The topological polar surface area (TPSA) is 77.6 Å². The molecule has 0 radical (unpaired) electrons. The van der Waals surface area contributed by atoms with Crippen LogP contribution in [-0.2, 0) is 4.79 Å². The minimum absolute atomic E-state index is 0.221. The fourth-order valence-electron chi connectivity index (χ4n) is 2.79. The number of nitrogens with one attached hydrogen (secondary N) is 2. The van der Waals surface area contributed by atoms with Crippen LogP contribution < -0.4 is 15.5 Å². The molecule has 1 aromatic carbocycles. The van der Waals surface area contributed by atoms with E-state index in [1.165, 1.54) is 0 Å². The molecule has 1 aliphatic heterocycles. The van der Waals surface area contributed by atoms with E-state index in [0.717, 1.165) is 18.9 Å². The Labute approximate surface area is 153 Å². The first-order chi connectivity index (χ1) is 12.6. The van der Waals surface area contributed by atoms with Gasteiger partial charge in [-0.2, -0.15) is 0 Å². The predicted molar refractivity (Wildman–Crippen MR) is 101 cm³/mol. The van der Waals surface area contributed by atoms with Crippen LogP contribution in [-0.4, -0.2) is 54.0 Å². The van der Waals surface area contributed by atoms with Crippen LogP contribution in [0.5, 0.6) is 0 Å². The predicted octanol–water partition coefficient (Wildman–Crippen LogP) is 1.94. The molecule has 7 heteroatoms. The number of amides is 3. The number of nitrogens with zero attached hydrogens (tertiary/aromatic N) is 3. The van der Waals surface area contributed by atoms with Crippen molar-refractivity contribution >= 4 is 23.4 Å². The summed E-state index contributed by atoms with van der Waals surface area (Å²) in [6.07, 6.45) is 1.77. The number of aromatic nitrogens is 1. The molecule has 2 aromatic rings. The molecule has 1 aliphatic rings. The summed E-state index contributed by atoms with van der Waals surface area (Å²) < 4.78 is 0. The van der Waals surface area contributed by atoms with E-state index < -0.39 is 6.04 Å². The van der Waals surface area contributed by atoms with Crippen molar-refractivity contribution in [2.45, 2.75) is 13.0 Å². The average molecular weight is 353 g/mol. The summed E-state index contributed by atoms with van der Waals surface area (Å²) in [5.41, 5.74) is 0.711. The van der Waals surface area contributed by atoms with Gasteiger partial charge >= 0.3 is 6.03 Å². The molecule has 1 saturated heterocycles. The van der Waals surface area contributed by atoms with Crippen molar-refractivity contribution < 1.29 is 9.59 Å². The number of pyridine rings is 1. The number of piperazine rings is 1. The number of urea groups is 1. The highest BCUT2D eigenvalue weighted by Crippen LogP contribution is 2.12. The van der Waals surface area contributed by atoms with E-state index in [1.807, 2.05) is 48.5 Å². The fraction of sp³-hybridized carbons (Fsp3) is 0.316. The highest BCUT2D eigenvalue weighted by molar-refractivity contribution is 5.96. The first kappa shape index (κ1) is 17.7. The highest BCUT2D eigenvalue weighted by atomic mass is 16.2. The number of carbonyl (C=O) groups excluding carboxylic acids is 2. The molecule has 3 rings (SSSR count). The van der Waals surface area contributed by atoms with Crippen LogP contribution in [0, 0.1) is 0 Å². The quantitative estimate of drug-likeness (QED) is 0.881. The standard InChI is InChI=1S/C19H23N5O2/c1-15(18(25)22-16-7-3-2-4-8-16)21-19(26)24-13-11-23(12-14-24)17-9-5-6-10-20-17/h2-10,15H,11-14H2,1H3,(H,21,26)(H,22,25)/t15-/m1/s1. The zero-order valence-electron chi connectivity index (χ0n) is 14.8. The van der Waals surface area contributed by atoms with Gasteiger partial charge in [0, 0.05) is 38.1 Å². The molecule has 1 fully saturated rings. The smallest absolute Gasteiger partial charge is 0.318 e. The molecule has 26 heavy (non-hydrogen) atoms. The van der Waals surface area contributed by atoms with E-state index in [-0.39, 0.29) is 11.9 Å².